The summed E-state index contributed by atoms with van der Waals surface area (Å²) in [4.78, 5) is 0. The van der Waals surface area contributed by atoms with Crippen LogP contribution in [0.5, 0.6) is 11.5 Å². The normalized spacial score (nSPS) is 10.1. The van der Waals surface area contributed by atoms with Gasteiger partial charge in [-0.2, -0.15) is 5.10 Å². The van der Waals surface area contributed by atoms with E-state index in [1.807, 2.05) is 19.1 Å². The van der Waals surface area contributed by atoms with E-state index in [1.165, 1.54) is 0 Å². The Kier molecular flexibility index (Phi) is 6.04. The van der Waals surface area contributed by atoms with E-state index in [1.54, 1.807) is 12.3 Å². The molecule has 0 saturated heterocycles. The van der Waals surface area contributed by atoms with Gasteiger partial charge in [0.05, 0.1) is 12.8 Å². The second-order valence-electron chi connectivity index (χ2n) is 3.70. The van der Waals surface area contributed by atoms with Crippen LogP contribution in [0.4, 0.5) is 0 Å². The van der Waals surface area contributed by atoms with Crippen LogP contribution < -0.4 is 15.3 Å². The summed E-state index contributed by atoms with van der Waals surface area (Å²) >= 11 is 0. The predicted molar refractivity (Wildman–Crippen MR) is 77.6 cm³/mol. The quantitative estimate of drug-likeness (QED) is 0.268. The molecule has 1 aromatic rings. The lowest BCUT2D eigenvalue weighted by molar-refractivity contribution is 0.297. The number of nitrogens with zero attached hydrogens (tertiary/aromatic N) is 1. The van der Waals surface area contributed by atoms with E-state index >= 15 is 0 Å². The number of hydrogen-bond acceptors (Lipinski definition) is 4. The molecule has 0 aliphatic rings. The van der Waals surface area contributed by atoms with Crippen molar-refractivity contribution >= 4 is 6.21 Å². The van der Waals surface area contributed by atoms with Crippen LogP contribution in [0, 0.1) is 12.3 Å². The van der Waals surface area contributed by atoms with Crippen molar-refractivity contribution < 1.29 is 9.47 Å². The highest BCUT2D eigenvalue weighted by molar-refractivity contribution is 5.81. The van der Waals surface area contributed by atoms with Gasteiger partial charge in [-0.1, -0.05) is 12.0 Å². The fraction of sp³-hybridized carbons (Fsp3) is 0.267. The maximum absolute atomic E-state index is 5.58. The Morgan fingerprint density at radius 2 is 2.26 bits per heavy atom. The summed E-state index contributed by atoms with van der Waals surface area (Å²) in [5.41, 5.74) is 1.78. The molecule has 0 spiro atoms. The third-order valence-electron chi connectivity index (χ3n) is 2.34. The zero-order valence-corrected chi connectivity index (χ0v) is 11.1. The molecule has 0 aliphatic carbocycles. The van der Waals surface area contributed by atoms with Gasteiger partial charge in [0.15, 0.2) is 11.5 Å². The van der Waals surface area contributed by atoms with Gasteiger partial charge < -0.3 is 15.3 Å². The molecule has 100 valence electrons. The van der Waals surface area contributed by atoms with Crippen molar-refractivity contribution in [2.24, 2.45) is 10.9 Å². The molecule has 0 heterocycles. The molecular formula is C15H18N2O2. The Morgan fingerprint density at radius 3 is 2.84 bits per heavy atom. The first-order chi connectivity index (χ1) is 9.26. The maximum Gasteiger partial charge on any atom is 0.166 e. The van der Waals surface area contributed by atoms with E-state index in [-0.39, 0.29) is 6.61 Å². The van der Waals surface area contributed by atoms with Crippen LogP contribution in [0.2, 0.25) is 0 Å². The average Bonchev–Trinajstić information content (AvgIpc) is 2.39. The fourth-order valence-electron chi connectivity index (χ4n) is 1.69. The SMILES string of the molecule is C#CCOc1c(CC=C)cc(C=NN)cc1OCC. The summed E-state index contributed by atoms with van der Waals surface area (Å²) in [6.07, 6.45) is 9.22. The molecule has 2 N–H and O–H groups in total. The molecule has 19 heavy (non-hydrogen) atoms. The Labute approximate surface area is 113 Å². The number of benzene rings is 1. The first-order valence-corrected chi connectivity index (χ1v) is 5.96. The van der Waals surface area contributed by atoms with Crippen molar-refractivity contribution in [3.05, 3.63) is 35.9 Å². The number of rotatable bonds is 7. The first kappa shape index (κ1) is 14.7. The summed E-state index contributed by atoms with van der Waals surface area (Å²) in [5.74, 6) is 8.90. The molecule has 4 heteroatoms. The highest BCUT2D eigenvalue weighted by Gasteiger charge is 2.12. The van der Waals surface area contributed by atoms with E-state index in [9.17, 15) is 0 Å². The number of allylic oxidation sites excluding steroid dienone is 1. The van der Waals surface area contributed by atoms with Gasteiger partial charge in [-0.25, -0.2) is 0 Å². The monoisotopic (exact) mass is 258 g/mol. The van der Waals surface area contributed by atoms with Gasteiger partial charge in [-0.3, -0.25) is 0 Å². The minimum atomic E-state index is 0.189. The molecule has 1 rings (SSSR count). The molecule has 0 aliphatic heterocycles. The van der Waals surface area contributed by atoms with Crippen molar-refractivity contribution in [2.45, 2.75) is 13.3 Å². The number of ether oxygens (including phenoxy) is 2. The Bertz CT molecular complexity index is 502. The van der Waals surface area contributed by atoms with Crippen LogP contribution in [-0.4, -0.2) is 19.4 Å². The Balaban J connectivity index is 3.27. The van der Waals surface area contributed by atoms with Gasteiger partial charge in [-0.15, -0.1) is 13.0 Å². The van der Waals surface area contributed by atoms with E-state index in [0.29, 0.717) is 24.5 Å². The smallest absolute Gasteiger partial charge is 0.166 e. The third-order valence-corrected chi connectivity index (χ3v) is 2.34. The van der Waals surface area contributed by atoms with Crippen LogP contribution in [-0.2, 0) is 6.42 Å². The Morgan fingerprint density at radius 1 is 1.47 bits per heavy atom. The van der Waals surface area contributed by atoms with Crippen LogP contribution in [0.15, 0.2) is 29.9 Å². The standard InChI is InChI=1S/C15H18N2O2/c1-4-7-13-9-12(11-17-16)10-14(18-6-3)15(13)19-8-5-2/h2,4,9-11H,1,6-8,16H2,3H3. The minimum Gasteiger partial charge on any atom is -0.490 e. The molecule has 0 unspecified atom stereocenters. The number of nitrogens with two attached hydrogens (primary N) is 1. The summed E-state index contributed by atoms with van der Waals surface area (Å²) in [5, 5.41) is 3.52. The summed E-state index contributed by atoms with van der Waals surface area (Å²) in [6.45, 7) is 6.36. The Hall–Kier alpha value is -2.41. The predicted octanol–water partition coefficient (Wildman–Crippen LogP) is 2.12. The average molecular weight is 258 g/mol. The van der Waals surface area contributed by atoms with Gasteiger partial charge >= 0.3 is 0 Å². The molecule has 0 saturated carbocycles. The lowest BCUT2D eigenvalue weighted by atomic mass is 10.1. The number of hydrazone groups is 1. The van der Waals surface area contributed by atoms with Gasteiger partial charge in [-0.05, 0) is 31.0 Å². The molecule has 4 nitrogen and oxygen atoms in total. The molecule has 0 fully saturated rings. The van der Waals surface area contributed by atoms with Crippen molar-refractivity contribution in [3.8, 4) is 23.8 Å². The second kappa shape index (κ2) is 7.83. The highest BCUT2D eigenvalue weighted by atomic mass is 16.5. The summed E-state index contributed by atoms with van der Waals surface area (Å²) in [6, 6.07) is 3.74. The van der Waals surface area contributed by atoms with Crippen molar-refractivity contribution in [1.82, 2.24) is 0 Å². The van der Waals surface area contributed by atoms with E-state index in [4.69, 9.17) is 21.7 Å². The molecule has 0 aromatic heterocycles. The number of terminal acetylenes is 1. The van der Waals surface area contributed by atoms with Crippen molar-refractivity contribution in [2.75, 3.05) is 13.2 Å². The van der Waals surface area contributed by atoms with E-state index in [2.05, 4.69) is 17.6 Å². The van der Waals surface area contributed by atoms with E-state index in [0.717, 1.165) is 11.1 Å². The first-order valence-electron chi connectivity index (χ1n) is 5.96. The van der Waals surface area contributed by atoms with Crippen LogP contribution in [0.25, 0.3) is 0 Å². The molecule has 0 amide bonds. The molecule has 0 bridgehead atoms. The molecule has 0 atom stereocenters. The largest absolute Gasteiger partial charge is 0.490 e. The summed E-state index contributed by atoms with van der Waals surface area (Å²) < 4.78 is 11.1. The third kappa shape index (κ3) is 4.07. The lowest BCUT2D eigenvalue weighted by Crippen LogP contribution is -2.04. The van der Waals surface area contributed by atoms with Gasteiger partial charge in [0.1, 0.15) is 6.61 Å². The topological polar surface area (TPSA) is 56.8 Å². The second-order valence-corrected chi connectivity index (χ2v) is 3.70. The fourth-order valence-corrected chi connectivity index (χ4v) is 1.69. The minimum absolute atomic E-state index is 0.189. The maximum atomic E-state index is 5.58. The lowest BCUT2D eigenvalue weighted by Gasteiger charge is -2.15. The van der Waals surface area contributed by atoms with Gasteiger partial charge in [0.2, 0.25) is 0 Å². The molecule has 0 radical (unpaired) electrons. The number of hydrogen-bond donors (Lipinski definition) is 1. The van der Waals surface area contributed by atoms with Gasteiger partial charge in [0, 0.05) is 5.56 Å². The molecule has 1 aromatic carbocycles. The van der Waals surface area contributed by atoms with Crippen molar-refractivity contribution in [3.63, 3.8) is 0 Å². The summed E-state index contributed by atoms with van der Waals surface area (Å²) in [7, 11) is 0. The van der Waals surface area contributed by atoms with Crippen LogP contribution in [0.1, 0.15) is 18.1 Å². The van der Waals surface area contributed by atoms with Gasteiger partial charge in [0.25, 0.3) is 0 Å². The zero-order valence-electron chi connectivity index (χ0n) is 11.1. The molecular weight excluding hydrogens is 240 g/mol. The zero-order chi connectivity index (χ0) is 14.1. The highest BCUT2D eigenvalue weighted by Crippen LogP contribution is 2.33. The van der Waals surface area contributed by atoms with Crippen molar-refractivity contribution in [1.29, 1.82) is 0 Å². The van der Waals surface area contributed by atoms with E-state index < -0.39 is 0 Å². The van der Waals surface area contributed by atoms with Crippen LogP contribution >= 0.6 is 0 Å². The van der Waals surface area contributed by atoms with Crippen LogP contribution in [0.3, 0.4) is 0 Å².